The minimum atomic E-state index is -0.571. The Balaban J connectivity index is 0.963. The van der Waals surface area contributed by atoms with Crippen LogP contribution in [0.1, 0.15) is 117 Å². The van der Waals surface area contributed by atoms with Crippen LogP contribution in [-0.2, 0) is 10.8 Å². The standard InChI is InChI=1S/C88H72N2/c1-55(2)77-53-83(89(65-31-19-25-59(7)49-65)67-33-21-29-63(51-67)87(61-27-17-23-57(5)47-61)79-39-13-9-35-69(79)70-36-10-14-40-80(70)87)75-46-44-74-78(56(3)4)54-84(76-45-43-73(77)85(75)86(74)76)90(66-32-20-26-60(8)50-66)68-34-22-30-64(52-68)88(62-28-18-24-58(6)48-62)81-41-15-11-37-71(81)72-38-12-16-42-82(72)88/h9-56H,1-8H3. The molecule has 0 saturated carbocycles. The van der Waals surface area contributed by atoms with Crippen LogP contribution in [0.15, 0.2) is 279 Å². The smallest absolute Gasteiger partial charge is 0.0714 e. The lowest BCUT2D eigenvalue weighted by atomic mass is 9.67. The van der Waals surface area contributed by atoms with Gasteiger partial charge in [-0.25, -0.2) is 0 Å². The zero-order chi connectivity index (χ0) is 61.2. The number of hydrogen-bond donors (Lipinski definition) is 0. The van der Waals surface area contributed by atoms with Gasteiger partial charge in [-0.1, -0.05) is 257 Å². The average Bonchev–Trinajstić information content (AvgIpc) is 1.31. The summed E-state index contributed by atoms with van der Waals surface area (Å²) in [5.41, 5.74) is 28.6. The van der Waals surface area contributed by atoms with E-state index in [0.717, 1.165) is 22.7 Å². The van der Waals surface area contributed by atoms with Gasteiger partial charge in [0.1, 0.15) is 0 Å². The maximum absolute atomic E-state index is 2.57. The normalized spacial score (nSPS) is 13.5. The summed E-state index contributed by atoms with van der Waals surface area (Å²) in [5.74, 6) is 0.439. The summed E-state index contributed by atoms with van der Waals surface area (Å²) in [6.45, 7) is 18.4. The number of anilines is 6. The van der Waals surface area contributed by atoms with E-state index in [9.17, 15) is 0 Å². The van der Waals surface area contributed by atoms with Crippen molar-refractivity contribution in [3.05, 3.63) is 357 Å². The fraction of sp³-hybridized carbons (Fsp3) is 0.136. The molecule has 434 valence electrons. The first kappa shape index (κ1) is 55.1. The first-order valence-electron chi connectivity index (χ1n) is 32.2. The first-order valence-corrected chi connectivity index (χ1v) is 32.2. The summed E-state index contributed by atoms with van der Waals surface area (Å²) in [4.78, 5) is 5.15. The summed E-state index contributed by atoms with van der Waals surface area (Å²) >= 11 is 0. The molecule has 0 spiro atoms. The van der Waals surface area contributed by atoms with Crippen molar-refractivity contribution in [3.63, 3.8) is 0 Å². The Morgan fingerprint density at radius 2 is 0.533 bits per heavy atom. The van der Waals surface area contributed by atoms with Crippen LogP contribution in [-0.4, -0.2) is 0 Å². The van der Waals surface area contributed by atoms with Crippen molar-refractivity contribution >= 4 is 66.4 Å². The molecular formula is C88H72N2. The second kappa shape index (κ2) is 21.2. The van der Waals surface area contributed by atoms with Crippen LogP contribution < -0.4 is 9.80 Å². The molecule has 14 aromatic carbocycles. The predicted octanol–water partition coefficient (Wildman–Crippen LogP) is 23.7. The van der Waals surface area contributed by atoms with E-state index < -0.39 is 10.8 Å². The van der Waals surface area contributed by atoms with Gasteiger partial charge >= 0.3 is 0 Å². The van der Waals surface area contributed by atoms with E-state index in [1.54, 1.807) is 0 Å². The van der Waals surface area contributed by atoms with Gasteiger partial charge in [-0.05, 0) is 211 Å². The largest absolute Gasteiger partial charge is 0.310 e. The maximum Gasteiger partial charge on any atom is 0.0714 e. The lowest BCUT2D eigenvalue weighted by Crippen LogP contribution is -2.29. The molecule has 0 saturated heterocycles. The summed E-state index contributed by atoms with van der Waals surface area (Å²) in [6.07, 6.45) is 0. The van der Waals surface area contributed by atoms with Gasteiger partial charge in [-0.3, -0.25) is 0 Å². The second-order valence-corrected chi connectivity index (χ2v) is 26.2. The number of fused-ring (bicyclic) bond motifs is 6. The maximum atomic E-state index is 2.57. The molecule has 2 nitrogen and oxygen atoms in total. The van der Waals surface area contributed by atoms with E-state index in [-0.39, 0.29) is 11.8 Å². The van der Waals surface area contributed by atoms with Gasteiger partial charge in [0.05, 0.1) is 22.2 Å². The van der Waals surface area contributed by atoms with E-state index in [1.807, 2.05) is 0 Å². The van der Waals surface area contributed by atoms with Gasteiger partial charge in [0, 0.05) is 33.5 Å². The van der Waals surface area contributed by atoms with Crippen molar-refractivity contribution in [2.45, 2.75) is 78.1 Å². The number of benzene rings is 14. The van der Waals surface area contributed by atoms with Gasteiger partial charge < -0.3 is 9.80 Å². The predicted molar refractivity (Wildman–Crippen MR) is 381 cm³/mol. The summed E-state index contributed by atoms with van der Waals surface area (Å²) in [5, 5.41) is 7.64. The van der Waals surface area contributed by atoms with Crippen LogP contribution in [0.25, 0.3) is 54.6 Å². The van der Waals surface area contributed by atoms with Crippen LogP contribution in [0.4, 0.5) is 34.1 Å². The molecule has 0 heterocycles. The minimum absolute atomic E-state index is 0.220. The van der Waals surface area contributed by atoms with Crippen LogP contribution in [0, 0.1) is 27.7 Å². The van der Waals surface area contributed by atoms with E-state index in [1.165, 1.54) is 144 Å². The number of nitrogens with zero attached hydrogens (tertiary/aromatic N) is 2. The molecule has 2 heteroatoms. The van der Waals surface area contributed by atoms with Crippen LogP contribution >= 0.6 is 0 Å². The Morgan fingerprint density at radius 1 is 0.256 bits per heavy atom. The summed E-state index contributed by atoms with van der Waals surface area (Å²) in [7, 11) is 0. The SMILES string of the molecule is Cc1cccc(N(c2cccc(C3(c4cccc(C)c4)c4ccccc4-c4ccccc43)c2)c2cc(C(C)C)c3ccc4c(N(c5cccc(C)c5)c5cccc(C6(c7cccc(C)c7)c7ccccc7-c7ccccc76)c5)cc(C(C)C)c5ccc2c3c54)c1. The van der Waals surface area contributed by atoms with Gasteiger partial charge in [-0.15, -0.1) is 0 Å². The van der Waals surface area contributed by atoms with Crippen molar-refractivity contribution in [3.8, 4) is 22.3 Å². The molecule has 0 atom stereocenters. The van der Waals surface area contributed by atoms with Crippen molar-refractivity contribution in [2.24, 2.45) is 0 Å². The monoisotopic (exact) mass is 1160 g/mol. The molecule has 0 amide bonds. The van der Waals surface area contributed by atoms with E-state index in [0.29, 0.717) is 0 Å². The molecule has 0 radical (unpaired) electrons. The van der Waals surface area contributed by atoms with Gasteiger partial charge in [0.2, 0.25) is 0 Å². The molecular weight excluding hydrogens is 1080 g/mol. The minimum Gasteiger partial charge on any atom is -0.310 e. The topological polar surface area (TPSA) is 6.48 Å². The average molecular weight is 1160 g/mol. The molecule has 0 bridgehead atoms. The van der Waals surface area contributed by atoms with Crippen molar-refractivity contribution < 1.29 is 0 Å². The van der Waals surface area contributed by atoms with Crippen LogP contribution in [0.5, 0.6) is 0 Å². The highest BCUT2D eigenvalue weighted by molar-refractivity contribution is 6.29. The molecule has 0 fully saturated rings. The van der Waals surface area contributed by atoms with Gasteiger partial charge in [0.15, 0.2) is 0 Å². The Morgan fingerprint density at radius 3 is 0.856 bits per heavy atom. The molecule has 2 aliphatic carbocycles. The molecule has 90 heavy (non-hydrogen) atoms. The van der Waals surface area contributed by atoms with Crippen LogP contribution in [0.2, 0.25) is 0 Å². The third-order valence-electron chi connectivity index (χ3n) is 20.0. The Kier molecular flexibility index (Phi) is 13.0. The second-order valence-electron chi connectivity index (χ2n) is 26.2. The molecule has 0 aromatic heterocycles. The zero-order valence-corrected chi connectivity index (χ0v) is 52.6. The third kappa shape index (κ3) is 8.23. The van der Waals surface area contributed by atoms with E-state index >= 15 is 0 Å². The third-order valence-corrected chi connectivity index (χ3v) is 20.0. The number of hydrogen-bond acceptors (Lipinski definition) is 2. The van der Waals surface area contributed by atoms with Gasteiger partial charge in [-0.2, -0.15) is 0 Å². The van der Waals surface area contributed by atoms with E-state index in [2.05, 4.69) is 344 Å². The Bertz CT molecular complexity index is 4760. The van der Waals surface area contributed by atoms with Crippen molar-refractivity contribution in [2.75, 3.05) is 9.80 Å². The molecule has 2 aliphatic rings. The fourth-order valence-corrected chi connectivity index (χ4v) is 16.3. The molecule has 0 unspecified atom stereocenters. The van der Waals surface area contributed by atoms with Gasteiger partial charge in [0.25, 0.3) is 0 Å². The summed E-state index contributed by atoms with van der Waals surface area (Å²) < 4.78 is 0. The molecule has 14 aromatic rings. The van der Waals surface area contributed by atoms with Crippen molar-refractivity contribution in [1.29, 1.82) is 0 Å². The van der Waals surface area contributed by atoms with Crippen molar-refractivity contribution in [1.82, 2.24) is 0 Å². The highest BCUT2D eigenvalue weighted by atomic mass is 15.2. The number of aryl methyl sites for hydroxylation is 4. The fourth-order valence-electron chi connectivity index (χ4n) is 16.3. The highest BCUT2D eigenvalue weighted by Crippen LogP contribution is 2.60. The van der Waals surface area contributed by atoms with Crippen LogP contribution in [0.3, 0.4) is 0 Å². The molecule has 0 aliphatic heterocycles. The lowest BCUT2D eigenvalue weighted by Gasteiger charge is -2.36. The van der Waals surface area contributed by atoms with E-state index in [4.69, 9.17) is 0 Å². The zero-order valence-electron chi connectivity index (χ0n) is 52.6. The summed E-state index contributed by atoms with van der Waals surface area (Å²) in [6, 6.07) is 107. The Labute approximate surface area is 530 Å². The number of rotatable bonds is 12. The Hall–Kier alpha value is -10.3. The molecule has 0 N–H and O–H groups in total. The lowest BCUT2D eigenvalue weighted by molar-refractivity contribution is 0.767. The first-order chi connectivity index (χ1) is 43.9. The highest BCUT2D eigenvalue weighted by Gasteiger charge is 2.48. The molecule has 16 rings (SSSR count). The quantitative estimate of drug-likeness (QED) is 0.113.